The monoisotopic (exact) mass is 535 g/mol. The molecule has 0 saturated heterocycles. The predicted octanol–water partition coefficient (Wildman–Crippen LogP) is 4.10. The largest absolute Gasteiger partial charge is 0.478 e. The van der Waals surface area contributed by atoms with Crippen LogP contribution in [0.3, 0.4) is 0 Å². The van der Waals surface area contributed by atoms with E-state index in [-0.39, 0.29) is 46.7 Å². The molecule has 1 saturated carbocycles. The number of carbonyl (C=O) groups excluding carboxylic acids is 1. The highest BCUT2D eigenvalue weighted by Crippen LogP contribution is 2.35. The summed E-state index contributed by atoms with van der Waals surface area (Å²) in [4.78, 5) is 20.5. The van der Waals surface area contributed by atoms with Crippen LogP contribution in [0.1, 0.15) is 35.6 Å². The number of amides is 1. The Bertz CT molecular complexity index is 1290. The van der Waals surface area contributed by atoms with E-state index in [1.807, 2.05) is 0 Å². The third kappa shape index (κ3) is 5.59. The molecule has 15 heteroatoms. The zero-order valence-corrected chi connectivity index (χ0v) is 19.3. The molecular formula is C21H19ClF5N5O4. The molecular weight excluding hydrogens is 517 g/mol. The number of hydrogen-bond donors (Lipinski definition) is 2. The molecule has 1 amide bonds. The average molecular weight is 536 g/mol. The average Bonchev–Trinajstić information content (AvgIpc) is 3.23. The standard InChI is InChI=1S/C21H19ClF5N5O4/c1-10-13(36-19-14(7-11(22)8-28-19)35-9-21(25,26)27)4-5-15-30-17(31-32(10)15)18(34)29-12-3-2-6-20(23,24)16(12)33/h4-5,7-8,12,16,33H,2-3,6,9H2,1H3,(H,29,34)/t12-,16+/m0/s1. The van der Waals surface area contributed by atoms with Gasteiger partial charge in [0.1, 0.15) is 6.10 Å². The number of carbonyl (C=O) groups is 1. The summed E-state index contributed by atoms with van der Waals surface area (Å²) in [5.74, 6) is -5.05. The van der Waals surface area contributed by atoms with Gasteiger partial charge in [0.2, 0.25) is 5.82 Å². The molecule has 3 aromatic heterocycles. The summed E-state index contributed by atoms with van der Waals surface area (Å²) in [7, 11) is 0. The maximum absolute atomic E-state index is 13.8. The third-order valence-electron chi connectivity index (χ3n) is 5.43. The molecule has 194 valence electrons. The summed E-state index contributed by atoms with van der Waals surface area (Å²) in [6.45, 7) is -0.0527. The number of fused-ring (bicyclic) bond motifs is 1. The van der Waals surface area contributed by atoms with Crippen molar-refractivity contribution in [2.75, 3.05) is 6.61 Å². The molecule has 3 heterocycles. The molecule has 1 aliphatic carbocycles. The van der Waals surface area contributed by atoms with Gasteiger partial charge in [-0.3, -0.25) is 4.79 Å². The van der Waals surface area contributed by atoms with E-state index in [1.165, 1.54) is 23.6 Å². The molecule has 4 rings (SSSR count). The zero-order valence-electron chi connectivity index (χ0n) is 18.5. The fourth-order valence-electron chi connectivity index (χ4n) is 3.65. The van der Waals surface area contributed by atoms with Gasteiger partial charge in [-0.05, 0) is 31.9 Å². The Morgan fingerprint density at radius 1 is 1.33 bits per heavy atom. The van der Waals surface area contributed by atoms with Gasteiger partial charge in [0.05, 0.1) is 16.8 Å². The number of rotatable bonds is 6. The lowest BCUT2D eigenvalue weighted by molar-refractivity contribution is -0.153. The van der Waals surface area contributed by atoms with Gasteiger partial charge in [-0.25, -0.2) is 23.3 Å². The van der Waals surface area contributed by atoms with E-state index < -0.39 is 43.2 Å². The van der Waals surface area contributed by atoms with Gasteiger partial charge in [-0.2, -0.15) is 13.2 Å². The normalized spacial score (nSPS) is 19.8. The first kappa shape index (κ1) is 25.8. The second-order valence-electron chi connectivity index (χ2n) is 8.13. The molecule has 0 aliphatic heterocycles. The van der Waals surface area contributed by atoms with Gasteiger partial charge < -0.3 is 19.9 Å². The lowest BCUT2D eigenvalue weighted by Gasteiger charge is -2.34. The molecule has 0 bridgehead atoms. The van der Waals surface area contributed by atoms with Crippen LogP contribution >= 0.6 is 11.6 Å². The molecule has 36 heavy (non-hydrogen) atoms. The van der Waals surface area contributed by atoms with Gasteiger partial charge in [0, 0.05) is 18.7 Å². The van der Waals surface area contributed by atoms with Crippen LogP contribution in [0.15, 0.2) is 24.4 Å². The Morgan fingerprint density at radius 2 is 2.08 bits per heavy atom. The number of halogens is 6. The summed E-state index contributed by atoms with van der Waals surface area (Å²) in [6.07, 6.45) is -5.65. The fourth-order valence-corrected chi connectivity index (χ4v) is 3.80. The Hall–Kier alpha value is -3.26. The molecule has 1 aliphatic rings. The number of aromatic nitrogens is 4. The summed E-state index contributed by atoms with van der Waals surface area (Å²) in [6, 6.07) is 2.79. The number of nitrogens with zero attached hydrogens (tertiary/aromatic N) is 4. The van der Waals surface area contributed by atoms with Crippen molar-refractivity contribution in [1.82, 2.24) is 24.9 Å². The minimum atomic E-state index is -4.60. The van der Waals surface area contributed by atoms with Crippen molar-refractivity contribution in [3.8, 4) is 17.4 Å². The van der Waals surface area contributed by atoms with Gasteiger partial charge in [-0.1, -0.05) is 11.6 Å². The summed E-state index contributed by atoms with van der Waals surface area (Å²) < 4.78 is 76.9. The first-order chi connectivity index (χ1) is 16.8. The second-order valence-corrected chi connectivity index (χ2v) is 8.57. The maximum Gasteiger partial charge on any atom is 0.422 e. The van der Waals surface area contributed by atoms with Crippen LogP contribution in [0, 0.1) is 6.92 Å². The zero-order chi connectivity index (χ0) is 26.3. The van der Waals surface area contributed by atoms with Crippen LogP contribution in [0.4, 0.5) is 22.0 Å². The first-order valence-electron chi connectivity index (χ1n) is 10.6. The van der Waals surface area contributed by atoms with Crippen LogP contribution in [0.5, 0.6) is 17.4 Å². The number of aliphatic hydroxyl groups is 1. The minimum Gasteiger partial charge on any atom is -0.478 e. The molecule has 2 atom stereocenters. The molecule has 0 radical (unpaired) electrons. The van der Waals surface area contributed by atoms with Crippen molar-refractivity contribution in [3.05, 3.63) is 40.9 Å². The number of hydrogen-bond acceptors (Lipinski definition) is 7. The first-order valence-corrected chi connectivity index (χ1v) is 11.0. The molecule has 0 spiro atoms. The van der Waals surface area contributed by atoms with Crippen LogP contribution in [-0.2, 0) is 0 Å². The Morgan fingerprint density at radius 3 is 2.81 bits per heavy atom. The minimum absolute atomic E-state index is 0.0273. The van der Waals surface area contributed by atoms with E-state index in [4.69, 9.17) is 21.1 Å². The number of pyridine rings is 2. The highest BCUT2D eigenvalue weighted by Gasteiger charge is 2.46. The van der Waals surface area contributed by atoms with E-state index in [0.717, 1.165) is 12.3 Å². The highest BCUT2D eigenvalue weighted by molar-refractivity contribution is 6.30. The van der Waals surface area contributed by atoms with E-state index in [9.17, 15) is 31.9 Å². The quantitative estimate of drug-likeness (QED) is 0.457. The predicted molar refractivity (Wildman–Crippen MR) is 115 cm³/mol. The van der Waals surface area contributed by atoms with E-state index >= 15 is 0 Å². The molecule has 9 nitrogen and oxygen atoms in total. The number of aliphatic hydroxyl groups excluding tert-OH is 1. The van der Waals surface area contributed by atoms with Crippen LogP contribution in [-0.4, -0.2) is 61.4 Å². The lowest BCUT2D eigenvalue weighted by atomic mass is 9.89. The molecule has 3 aromatic rings. The molecule has 2 N–H and O–H groups in total. The van der Waals surface area contributed by atoms with Gasteiger partial charge >= 0.3 is 6.18 Å². The topological polar surface area (TPSA) is 111 Å². The Kier molecular flexibility index (Phi) is 6.92. The maximum atomic E-state index is 13.8. The Labute approximate surface area is 205 Å². The van der Waals surface area contributed by atoms with E-state index in [1.54, 1.807) is 0 Å². The molecule has 0 unspecified atom stereocenters. The SMILES string of the molecule is Cc1c(Oc2ncc(Cl)cc2OCC(F)(F)F)ccc2nc(C(=O)N[C@H]3CCCC(F)(F)[C@@H]3O)nn12. The molecule has 1 fully saturated rings. The fraction of sp³-hybridized carbons (Fsp3) is 0.429. The van der Waals surface area contributed by atoms with E-state index in [2.05, 4.69) is 20.4 Å². The van der Waals surface area contributed by atoms with E-state index in [0.29, 0.717) is 5.69 Å². The number of ether oxygens (including phenoxy) is 2. The number of alkyl halides is 5. The van der Waals surface area contributed by atoms with Crippen molar-refractivity contribution < 1.29 is 41.3 Å². The highest BCUT2D eigenvalue weighted by atomic mass is 35.5. The number of aryl methyl sites for hydroxylation is 1. The summed E-state index contributed by atoms with van der Waals surface area (Å²) in [5, 5.41) is 16.3. The van der Waals surface area contributed by atoms with Gasteiger partial charge in [0.25, 0.3) is 17.7 Å². The smallest absolute Gasteiger partial charge is 0.422 e. The summed E-state index contributed by atoms with van der Waals surface area (Å²) in [5.41, 5.74) is 0.499. The van der Waals surface area contributed by atoms with Gasteiger partial charge in [-0.15, -0.1) is 5.10 Å². The number of nitrogens with one attached hydrogen (secondary N) is 1. The van der Waals surface area contributed by atoms with Crippen molar-refractivity contribution >= 4 is 23.2 Å². The lowest BCUT2D eigenvalue weighted by Crippen LogP contribution is -2.54. The van der Waals surface area contributed by atoms with Crippen LogP contribution < -0.4 is 14.8 Å². The van der Waals surface area contributed by atoms with Crippen molar-refractivity contribution in [3.63, 3.8) is 0 Å². The van der Waals surface area contributed by atoms with Crippen molar-refractivity contribution in [1.29, 1.82) is 0 Å². The summed E-state index contributed by atoms with van der Waals surface area (Å²) >= 11 is 5.81. The van der Waals surface area contributed by atoms with Crippen LogP contribution in [0.25, 0.3) is 5.65 Å². The molecule has 0 aromatic carbocycles. The second kappa shape index (κ2) is 9.65. The third-order valence-corrected chi connectivity index (χ3v) is 5.64. The van der Waals surface area contributed by atoms with Crippen molar-refractivity contribution in [2.45, 2.75) is 50.4 Å². The van der Waals surface area contributed by atoms with Gasteiger partial charge in [0.15, 0.2) is 23.8 Å². The Balaban J connectivity index is 1.55. The van der Waals surface area contributed by atoms with Crippen LogP contribution in [0.2, 0.25) is 5.02 Å². The van der Waals surface area contributed by atoms with Crippen molar-refractivity contribution in [2.24, 2.45) is 0 Å².